The second-order valence-electron chi connectivity index (χ2n) is 9.33. The van der Waals surface area contributed by atoms with Crippen molar-refractivity contribution >= 4 is 17.5 Å². The molecular weight excluding hydrogens is 386 g/mol. The summed E-state index contributed by atoms with van der Waals surface area (Å²) in [6.45, 7) is 5.62. The molecule has 0 radical (unpaired) electrons. The Morgan fingerprint density at radius 1 is 1.14 bits per heavy atom. The second-order valence-corrected chi connectivity index (χ2v) is 9.77. The van der Waals surface area contributed by atoms with Crippen molar-refractivity contribution in [2.75, 3.05) is 26.3 Å². The predicted molar refractivity (Wildman–Crippen MR) is 115 cm³/mol. The Bertz CT molecular complexity index is 670. The molecule has 1 unspecified atom stereocenters. The van der Waals surface area contributed by atoms with Crippen LogP contribution in [0.3, 0.4) is 0 Å². The highest BCUT2D eigenvalue weighted by atomic mass is 35.5. The van der Waals surface area contributed by atoms with Crippen LogP contribution in [0.1, 0.15) is 63.9 Å². The van der Waals surface area contributed by atoms with E-state index in [-0.39, 0.29) is 17.4 Å². The summed E-state index contributed by atoms with van der Waals surface area (Å²) in [5.41, 5.74) is 1.47. The fourth-order valence-corrected chi connectivity index (χ4v) is 5.24. The zero-order chi connectivity index (χ0) is 20.3. The number of nitrogens with zero attached hydrogens (tertiary/aromatic N) is 1. The summed E-state index contributed by atoms with van der Waals surface area (Å²) in [4.78, 5) is 15.2. The van der Waals surface area contributed by atoms with Gasteiger partial charge in [-0.3, -0.25) is 4.79 Å². The summed E-state index contributed by atoms with van der Waals surface area (Å²) in [6, 6.07) is 8.22. The molecule has 3 fully saturated rings. The highest BCUT2D eigenvalue weighted by Gasteiger charge is 2.36. The van der Waals surface area contributed by atoms with Gasteiger partial charge in [-0.25, -0.2) is 0 Å². The molecule has 0 spiro atoms. The van der Waals surface area contributed by atoms with Crippen LogP contribution in [-0.2, 0) is 19.7 Å². The monoisotopic (exact) mass is 419 g/mol. The number of likely N-dealkylation sites (tertiary alicyclic amines) is 1. The number of rotatable bonds is 5. The van der Waals surface area contributed by atoms with Crippen LogP contribution in [0.25, 0.3) is 0 Å². The minimum Gasteiger partial charge on any atom is -0.376 e. The van der Waals surface area contributed by atoms with Crippen molar-refractivity contribution in [1.29, 1.82) is 0 Å². The van der Waals surface area contributed by atoms with Crippen LogP contribution in [0, 0.1) is 5.92 Å². The molecule has 4 nitrogen and oxygen atoms in total. The maximum Gasteiger partial charge on any atom is 0.225 e. The van der Waals surface area contributed by atoms with Crippen molar-refractivity contribution in [3.8, 4) is 0 Å². The smallest absolute Gasteiger partial charge is 0.225 e. The number of piperidine rings is 1. The molecule has 1 amide bonds. The van der Waals surface area contributed by atoms with Gasteiger partial charge in [0, 0.05) is 30.6 Å². The van der Waals surface area contributed by atoms with E-state index in [2.05, 4.69) is 24.0 Å². The van der Waals surface area contributed by atoms with Crippen LogP contribution < -0.4 is 0 Å². The summed E-state index contributed by atoms with van der Waals surface area (Å²) >= 11 is 6.04. The summed E-state index contributed by atoms with van der Waals surface area (Å²) in [7, 11) is 0. The normalized spacial score (nSPS) is 29.7. The number of hydrogen-bond acceptors (Lipinski definition) is 3. The third kappa shape index (κ3) is 5.15. The summed E-state index contributed by atoms with van der Waals surface area (Å²) < 4.78 is 11.7. The van der Waals surface area contributed by atoms with E-state index in [9.17, 15) is 4.79 Å². The molecule has 1 aromatic rings. The van der Waals surface area contributed by atoms with Gasteiger partial charge >= 0.3 is 0 Å². The number of carbonyl (C=O) groups is 1. The van der Waals surface area contributed by atoms with Gasteiger partial charge in [0.1, 0.15) is 0 Å². The molecule has 0 bridgehead atoms. The van der Waals surface area contributed by atoms with E-state index in [1.54, 1.807) is 0 Å². The largest absolute Gasteiger partial charge is 0.376 e. The molecule has 5 heteroatoms. The maximum atomic E-state index is 13.1. The first-order chi connectivity index (χ1) is 14.0. The molecule has 0 N–H and O–H groups in total. The Labute approximate surface area is 179 Å². The van der Waals surface area contributed by atoms with Crippen molar-refractivity contribution in [1.82, 2.24) is 4.90 Å². The fraction of sp³-hybridized carbons (Fsp3) is 0.708. The molecule has 2 heterocycles. The van der Waals surface area contributed by atoms with Gasteiger partial charge in [-0.1, -0.05) is 30.7 Å². The number of carbonyl (C=O) groups excluding carboxylic acids is 1. The van der Waals surface area contributed by atoms with E-state index in [1.165, 1.54) is 5.56 Å². The van der Waals surface area contributed by atoms with Gasteiger partial charge < -0.3 is 14.4 Å². The fourth-order valence-electron chi connectivity index (χ4n) is 5.12. The van der Waals surface area contributed by atoms with E-state index in [0.717, 1.165) is 82.7 Å². The molecule has 4 rings (SSSR count). The van der Waals surface area contributed by atoms with Crippen molar-refractivity contribution in [2.45, 2.75) is 75.9 Å². The van der Waals surface area contributed by atoms with Crippen LogP contribution in [-0.4, -0.2) is 49.3 Å². The van der Waals surface area contributed by atoms with Gasteiger partial charge in [-0.2, -0.15) is 0 Å². The third-order valence-corrected chi connectivity index (χ3v) is 7.54. The van der Waals surface area contributed by atoms with E-state index in [0.29, 0.717) is 12.0 Å². The first-order valence-corrected chi connectivity index (χ1v) is 11.7. The lowest BCUT2D eigenvalue weighted by Crippen LogP contribution is -2.46. The van der Waals surface area contributed by atoms with E-state index in [1.807, 2.05) is 12.1 Å². The Morgan fingerprint density at radius 3 is 2.45 bits per heavy atom. The van der Waals surface area contributed by atoms with Gasteiger partial charge in [0.2, 0.25) is 5.91 Å². The van der Waals surface area contributed by atoms with Gasteiger partial charge in [-0.15, -0.1) is 0 Å². The average Bonchev–Trinajstić information content (AvgIpc) is 3.27. The molecule has 1 aliphatic carbocycles. The van der Waals surface area contributed by atoms with E-state index in [4.69, 9.17) is 21.1 Å². The highest BCUT2D eigenvalue weighted by Crippen LogP contribution is 2.37. The Kier molecular flexibility index (Phi) is 6.83. The zero-order valence-corrected chi connectivity index (χ0v) is 18.3. The Balaban J connectivity index is 1.22. The van der Waals surface area contributed by atoms with Gasteiger partial charge in [0.05, 0.1) is 18.8 Å². The van der Waals surface area contributed by atoms with Crippen molar-refractivity contribution in [2.24, 2.45) is 5.92 Å². The van der Waals surface area contributed by atoms with Crippen LogP contribution in [0.15, 0.2) is 24.3 Å². The summed E-state index contributed by atoms with van der Waals surface area (Å²) in [5.74, 6) is 0.540. The van der Waals surface area contributed by atoms with Crippen LogP contribution >= 0.6 is 11.6 Å². The molecule has 3 aliphatic rings. The quantitative estimate of drug-likeness (QED) is 0.675. The first kappa shape index (κ1) is 21.1. The summed E-state index contributed by atoms with van der Waals surface area (Å²) in [5, 5.41) is 0.778. The van der Waals surface area contributed by atoms with Gasteiger partial charge in [0.25, 0.3) is 0 Å². The zero-order valence-electron chi connectivity index (χ0n) is 17.6. The van der Waals surface area contributed by atoms with E-state index >= 15 is 0 Å². The van der Waals surface area contributed by atoms with Crippen molar-refractivity contribution < 1.29 is 14.3 Å². The minimum atomic E-state index is 0.134. The molecule has 1 saturated carbocycles. The van der Waals surface area contributed by atoms with Crippen LogP contribution in [0.4, 0.5) is 0 Å². The second kappa shape index (κ2) is 9.36. The topological polar surface area (TPSA) is 38.8 Å². The lowest BCUT2D eigenvalue weighted by molar-refractivity contribution is -0.139. The van der Waals surface area contributed by atoms with Crippen molar-refractivity contribution in [3.63, 3.8) is 0 Å². The predicted octanol–water partition coefficient (Wildman–Crippen LogP) is 4.97. The summed E-state index contributed by atoms with van der Waals surface area (Å²) in [6.07, 6.45) is 8.81. The number of halogens is 1. The molecule has 29 heavy (non-hydrogen) atoms. The van der Waals surface area contributed by atoms with Crippen LogP contribution in [0.5, 0.6) is 0 Å². The van der Waals surface area contributed by atoms with Crippen LogP contribution in [0.2, 0.25) is 5.02 Å². The number of amides is 1. The molecule has 0 aromatic heterocycles. The number of hydrogen-bond donors (Lipinski definition) is 0. The lowest BCUT2D eigenvalue weighted by atomic mass is 9.74. The third-order valence-electron chi connectivity index (χ3n) is 7.29. The maximum absolute atomic E-state index is 13.1. The molecule has 2 aliphatic heterocycles. The molecule has 1 atom stereocenters. The molecular formula is C24H34ClNO3. The molecule has 1 aromatic carbocycles. The SMILES string of the molecule is CC1(c2ccc(Cl)cc2)CCN(C(=O)C2CCC(OCC3CCCO3)CC2)CC1. The average molecular weight is 420 g/mol. The lowest BCUT2D eigenvalue weighted by Gasteiger charge is -2.41. The minimum absolute atomic E-state index is 0.134. The van der Waals surface area contributed by atoms with Gasteiger partial charge in [-0.05, 0) is 74.5 Å². The Morgan fingerprint density at radius 2 is 1.83 bits per heavy atom. The van der Waals surface area contributed by atoms with Gasteiger partial charge in [0.15, 0.2) is 0 Å². The van der Waals surface area contributed by atoms with Crippen molar-refractivity contribution in [3.05, 3.63) is 34.9 Å². The first-order valence-electron chi connectivity index (χ1n) is 11.3. The molecule has 160 valence electrons. The van der Waals surface area contributed by atoms with E-state index < -0.39 is 0 Å². The highest BCUT2D eigenvalue weighted by molar-refractivity contribution is 6.30. The number of benzene rings is 1. The molecule has 2 saturated heterocycles. The Hall–Kier alpha value is -1.10. The standard InChI is InChI=1S/C24H34ClNO3/c1-24(19-6-8-20(25)9-7-19)12-14-26(15-13-24)23(27)18-4-10-21(11-5-18)29-17-22-3-2-16-28-22/h6-9,18,21-22H,2-5,10-17H2,1H3. The number of ether oxygens (including phenoxy) is 2.